The van der Waals surface area contributed by atoms with Crippen molar-refractivity contribution in [1.82, 2.24) is 19.5 Å². The maximum atomic E-state index is 13.1. The van der Waals surface area contributed by atoms with Gasteiger partial charge in [-0.2, -0.15) is 9.46 Å². The van der Waals surface area contributed by atoms with Crippen molar-refractivity contribution in [3.05, 3.63) is 63.7 Å². The average Bonchev–Trinajstić information content (AvgIpc) is 3.21. The number of carbonyl (C=O) groups excluding carboxylic acids is 1. The van der Waals surface area contributed by atoms with E-state index in [2.05, 4.69) is 14.4 Å². The first-order valence-electron chi connectivity index (χ1n) is 11.8. The third-order valence-corrected chi connectivity index (χ3v) is 8.69. The van der Waals surface area contributed by atoms with Gasteiger partial charge in [0.2, 0.25) is 0 Å². The van der Waals surface area contributed by atoms with Gasteiger partial charge in [0, 0.05) is 29.5 Å². The molecule has 0 bridgehead atoms. The molecule has 1 aliphatic heterocycles. The summed E-state index contributed by atoms with van der Waals surface area (Å²) in [6.45, 7) is 8.26. The Labute approximate surface area is 210 Å². The summed E-state index contributed by atoms with van der Waals surface area (Å²) in [5.41, 5.74) is 1.26. The van der Waals surface area contributed by atoms with Crippen LogP contribution in [0.15, 0.2) is 50.6 Å². The molecule has 2 atom stereocenters. The van der Waals surface area contributed by atoms with Gasteiger partial charge in [-0.15, -0.1) is 0 Å². The molecule has 10 nitrogen and oxygen atoms in total. The van der Waals surface area contributed by atoms with E-state index < -0.39 is 22.1 Å². The molecular formula is C25H33N5O5S. The number of hydrogen-bond acceptors (Lipinski definition) is 4. The maximum Gasteiger partial charge on any atom is 0.407 e. The summed E-state index contributed by atoms with van der Waals surface area (Å²) in [4.78, 5) is 42.3. The lowest BCUT2D eigenvalue weighted by molar-refractivity contribution is 0.0518. The molecule has 0 aliphatic carbocycles. The third kappa shape index (κ3) is 4.98. The molecule has 4 rings (SSSR count). The quantitative estimate of drug-likeness (QED) is 0.389. The summed E-state index contributed by atoms with van der Waals surface area (Å²) < 4.78 is 16.6. The summed E-state index contributed by atoms with van der Waals surface area (Å²) in [6.07, 6.45) is 2.98. The Morgan fingerprint density at radius 1 is 1.22 bits per heavy atom. The van der Waals surface area contributed by atoms with Gasteiger partial charge in [0.15, 0.2) is 0 Å². The van der Waals surface area contributed by atoms with Crippen LogP contribution in [-0.2, 0) is 10.1 Å². The number of fused-ring (bicyclic) bond motifs is 1. The lowest BCUT2D eigenvalue weighted by atomic mass is 9.76. The Bertz CT molecular complexity index is 1430. The Morgan fingerprint density at radius 2 is 1.89 bits per heavy atom. The molecule has 3 heterocycles. The predicted molar refractivity (Wildman–Crippen MR) is 139 cm³/mol. The second-order valence-electron chi connectivity index (χ2n) is 10.6. The van der Waals surface area contributed by atoms with Gasteiger partial charge in [-0.25, -0.2) is 9.31 Å². The zero-order valence-electron chi connectivity index (χ0n) is 21.1. The lowest BCUT2D eigenvalue weighted by Gasteiger charge is -2.44. The molecule has 0 spiro atoms. The number of nitrogens with zero attached hydrogens (tertiary/aromatic N) is 4. The van der Waals surface area contributed by atoms with Crippen LogP contribution in [0.1, 0.15) is 61.1 Å². The van der Waals surface area contributed by atoms with Crippen molar-refractivity contribution in [1.29, 1.82) is 0 Å². The first-order valence-corrected chi connectivity index (χ1v) is 14.0. The van der Waals surface area contributed by atoms with E-state index in [9.17, 15) is 24.0 Å². The highest BCUT2D eigenvalue weighted by molar-refractivity contribution is 7.99. The topological polar surface area (TPSA) is 140 Å². The number of likely N-dealkylation sites (tertiary alicyclic amines) is 1. The minimum Gasteiger partial charge on any atom is -0.465 e. The number of aryl methyl sites for hydroxylation is 1. The normalized spacial score (nSPS) is 19.3. The molecule has 1 aromatic carbocycles. The molecule has 2 amide bonds. The smallest absolute Gasteiger partial charge is 0.407 e. The van der Waals surface area contributed by atoms with E-state index >= 15 is 0 Å². The fourth-order valence-electron chi connectivity index (χ4n) is 4.86. The molecule has 36 heavy (non-hydrogen) atoms. The number of benzene rings is 1. The number of rotatable bonds is 3. The number of H-pyrrole nitrogens is 1. The van der Waals surface area contributed by atoms with Crippen LogP contribution in [0.5, 0.6) is 0 Å². The van der Waals surface area contributed by atoms with Crippen LogP contribution in [0.2, 0.25) is 0 Å². The number of hydrogen-bond donors (Lipinski definition) is 4. The van der Waals surface area contributed by atoms with E-state index in [4.69, 9.17) is 0 Å². The molecule has 11 heteroatoms. The van der Waals surface area contributed by atoms with Crippen LogP contribution < -0.4 is 5.56 Å². The molecule has 0 saturated carbocycles. The summed E-state index contributed by atoms with van der Waals surface area (Å²) in [5, 5.41) is 14.1. The standard InChI is InChI=1S/C25H33N5O5S/c1-15-6-8-17(9-7-15)36(5,35)28-23(32)18-14-26-30-19(13-21(31)27-22(18)30)16-10-11-29(24(33)34)20(12-16)25(2,3)4/h6-9,13-14,16,20,36H,10-12H2,1-5H3,(H,27,31)(H,33,34)(H,28,32,35). The van der Waals surface area contributed by atoms with Crippen LogP contribution in [-0.4, -0.2) is 60.0 Å². The molecule has 1 saturated heterocycles. The number of carbonyl (C=O) groups is 2. The van der Waals surface area contributed by atoms with Crippen LogP contribution in [0.4, 0.5) is 4.79 Å². The summed E-state index contributed by atoms with van der Waals surface area (Å²) in [5.74, 6) is -0.789. The molecular weight excluding hydrogens is 482 g/mol. The van der Waals surface area contributed by atoms with Crippen LogP contribution in [0, 0.1) is 12.3 Å². The molecule has 194 valence electrons. The number of amides is 2. The van der Waals surface area contributed by atoms with Gasteiger partial charge in [-0.1, -0.05) is 48.6 Å². The molecule has 1 fully saturated rings. The van der Waals surface area contributed by atoms with Gasteiger partial charge in [0.05, 0.1) is 11.9 Å². The van der Waals surface area contributed by atoms with Gasteiger partial charge in [-0.05, 0) is 43.6 Å². The molecule has 3 aromatic rings. The van der Waals surface area contributed by atoms with Crippen molar-refractivity contribution in [2.45, 2.75) is 57.4 Å². The van der Waals surface area contributed by atoms with E-state index in [-0.39, 0.29) is 34.1 Å². The van der Waals surface area contributed by atoms with Crippen molar-refractivity contribution in [2.24, 2.45) is 9.78 Å². The fraction of sp³-hybridized carbons (Fsp3) is 0.440. The van der Waals surface area contributed by atoms with Gasteiger partial charge in [-0.3, -0.25) is 9.59 Å². The highest BCUT2D eigenvalue weighted by Gasteiger charge is 2.40. The lowest BCUT2D eigenvalue weighted by Crippen LogP contribution is -2.51. The summed E-state index contributed by atoms with van der Waals surface area (Å²) >= 11 is 0. The second kappa shape index (κ2) is 9.29. The number of nitrogens with one attached hydrogen (secondary N) is 1. The largest absolute Gasteiger partial charge is 0.465 e. The Kier molecular flexibility index (Phi) is 6.65. The second-order valence-corrected chi connectivity index (χ2v) is 13.2. The third-order valence-electron chi connectivity index (χ3n) is 6.84. The first-order chi connectivity index (χ1) is 16.8. The summed E-state index contributed by atoms with van der Waals surface area (Å²) in [6, 6.07) is 8.43. The number of piperidine rings is 1. The van der Waals surface area contributed by atoms with E-state index in [1.807, 2.05) is 39.8 Å². The van der Waals surface area contributed by atoms with Crippen molar-refractivity contribution >= 4 is 27.8 Å². The first kappa shape index (κ1) is 25.8. The van der Waals surface area contributed by atoms with Gasteiger partial charge >= 0.3 is 6.09 Å². The highest BCUT2D eigenvalue weighted by atomic mass is 32.3. The van der Waals surface area contributed by atoms with Crippen molar-refractivity contribution in [3.63, 3.8) is 0 Å². The zero-order valence-corrected chi connectivity index (χ0v) is 22.0. The number of aromatic amines is 1. The highest BCUT2D eigenvalue weighted by Crippen LogP contribution is 2.39. The van der Waals surface area contributed by atoms with Crippen LogP contribution in [0.25, 0.3) is 5.65 Å². The molecule has 3 N–H and O–H groups in total. The number of thiol groups is 1. The van der Waals surface area contributed by atoms with Crippen LogP contribution in [0.3, 0.4) is 0 Å². The molecule has 2 unspecified atom stereocenters. The number of carboxylic acid groups (broad SMARTS) is 1. The van der Waals surface area contributed by atoms with Crippen molar-refractivity contribution in [3.8, 4) is 0 Å². The van der Waals surface area contributed by atoms with Gasteiger partial charge in [0.1, 0.15) is 11.2 Å². The molecule has 1 aliphatic rings. The maximum absolute atomic E-state index is 13.1. The van der Waals surface area contributed by atoms with Crippen LogP contribution >= 0.6 is 0 Å². The van der Waals surface area contributed by atoms with Crippen molar-refractivity contribution in [2.75, 3.05) is 12.8 Å². The van der Waals surface area contributed by atoms with E-state index in [0.29, 0.717) is 30.0 Å². The van der Waals surface area contributed by atoms with E-state index in [0.717, 1.165) is 5.56 Å². The summed E-state index contributed by atoms with van der Waals surface area (Å²) in [7, 11) is -3.10. The molecule has 2 aromatic heterocycles. The minimum atomic E-state index is -3.10. The Morgan fingerprint density at radius 3 is 2.50 bits per heavy atom. The van der Waals surface area contributed by atoms with E-state index in [1.54, 1.807) is 12.1 Å². The predicted octanol–water partition coefficient (Wildman–Crippen LogP) is 3.98. The number of aromatic nitrogens is 3. The molecule has 0 radical (unpaired) electrons. The van der Waals surface area contributed by atoms with Crippen molar-refractivity contribution < 1.29 is 19.2 Å². The average molecular weight is 516 g/mol. The van der Waals surface area contributed by atoms with E-state index in [1.165, 1.54) is 27.9 Å². The van der Waals surface area contributed by atoms with Gasteiger partial charge < -0.3 is 19.5 Å². The Hall–Kier alpha value is -3.31. The Balaban J connectivity index is 1.73. The van der Waals surface area contributed by atoms with Gasteiger partial charge in [0.25, 0.3) is 11.5 Å². The monoisotopic (exact) mass is 515 g/mol. The minimum absolute atomic E-state index is 0.0941. The fourth-order valence-corrected chi connectivity index (χ4v) is 6.15. The zero-order chi connectivity index (χ0) is 26.4. The SMILES string of the molecule is Cc1ccc([SH](C)(O)=NC(=O)c2cnn3c(C4CCN(C(=O)O)C(C(C)(C)C)C4)cc(=O)[nH]c23)cc1.